The van der Waals surface area contributed by atoms with Gasteiger partial charge in [0.1, 0.15) is 0 Å². The molecule has 1 aliphatic rings. The molecule has 25 heavy (non-hydrogen) atoms. The molecule has 4 nitrogen and oxygen atoms in total. The summed E-state index contributed by atoms with van der Waals surface area (Å²) >= 11 is 0. The summed E-state index contributed by atoms with van der Waals surface area (Å²) in [6, 6.07) is 10.2. The van der Waals surface area contributed by atoms with E-state index in [1.807, 2.05) is 0 Å². The lowest BCUT2D eigenvalue weighted by atomic mass is 10.1. The normalized spacial score (nSPS) is 19.6. The van der Waals surface area contributed by atoms with E-state index in [2.05, 4.69) is 5.32 Å². The zero-order valence-corrected chi connectivity index (χ0v) is 13.7. The van der Waals surface area contributed by atoms with Crippen LogP contribution in [0, 0.1) is 17.6 Å². The summed E-state index contributed by atoms with van der Waals surface area (Å²) < 4.78 is 33.0. The van der Waals surface area contributed by atoms with Gasteiger partial charge in [-0.3, -0.25) is 4.79 Å². The van der Waals surface area contributed by atoms with E-state index in [1.165, 1.54) is 30.3 Å². The molecule has 132 valence electrons. The second-order valence-corrected chi connectivity index (χ2v) is 6.29. The van der Waals surface area contributed by atoms with Gasteiger partial charge in [0.25, 0.3) is 0 Å². The van der Waals surface area contributed by atoms with Gasteiger partial charge in [-0.2, -0.15) is 0 Å². The number of nitrogens with two attached hydrogens (primary N) is 1. The van der Waals surface area contributed by atoms with E-state index >= 15 is 0 Å². The van der Waals surface area contributed by atoms with Crippen LogP contribution in [0.1, 0.15) is 24.8 Å². The summed E-state index contributed by atoms with van der Waals surface area (Å²) in [4.78, 5) is 12.1. The molecule has 2 aromatic rings. The van der Waals surface area contributed by atoms with Gasteiger partial charge in [-0.25, -0.2) is 8.78 Å². The third-order valence-corrected chi connectivity index (χ3v) is 4.36. The number of benzene rings is 2. The van der Waals surface area contributed by atoms with Crippen molar-refractivity contribution in [3.8, 4) is 11.5 Å². The van der Waals surface area contributed by atoms with Crippen LogP contribution < -0.4 is 15.8 Å². The van der Waals surface area contributed by atoms with Crippen molar-refractivity contribution in [2.45, 2.75) is 31.8 Å². The maximum Gasteiger partial charge on any atom is 0.223 e. The fourth-order valence-electron chi connectivity index (χ4n) is 2.97. The van der Waals surface area contributed by atoms with Crippen LogP contribution in [0.25, 0.3) is 0 Å². The number of ether oxygens (including phenoxy) is 1. The van der Waals surface area contributed by atoms with Crippen LogP contribution >= 0.6 is 0 Å². The van der Waals surface area contributed by atoms with Gasteiger partial charge in [0, 0.05) is 18.5 Å². The Hall–Kier alpha value is -2.47. The Morgan fingerprint density at radius 3 is 2.56 bits per heavy atom. The number of rotatable bonds is 5. The van der Waals surface area contributed by atoms with E-state index in [1.54, 1.807) is 12.1 Å². The lowest BCUT2D eigenvalue weighted by Gasteiger charge is -2.12. The largest absolute Gasteiger partial charge is 0.451 e. The summed E-state index contributed by atoms with van der Waals surface area (Å²) in [6.07, 6.45) is 2.33. The standard InChI is InChI=1S/C19H20F2N2O2/c20-15-3-1-2-4-17(15)25-18-8-5-12(9-16(18)21)11-23-19(24)13-6-7-14(22)10-13/h1-5,8-9,13-14H,6-7,10-11,22H2,(H,23,24). The van der Waals surface area contributed by atoms with Gasteiger partial charge < -0.3 is 15.8 Å². The molecule has 1 aliphatic carbocycles. The molecule has 0 bridgehead atoms. The summed E-state index contributed by atoms with van der Waals surface area (Å²) in [5.74, 6) is -1.41. The van der Waals surface area contributed by atoms with E-state index in [0.29, 0.717) is 12.0 Å². The van der Waals surface area contributed by atoms with E-state index in [9.17, 15) is 13.6 Å². The molecule has 2 atom stereocenters. The maximum atomic E-state index is 14.2. The molecular formula is C19H20F2N2O2. The maximum absolute atomic E-state index is 14.2. The highest BCUT2D eigenvalue weighted by Gasteiger charge is 2.27. The molecule has 1 saturated carbocycles. The summed E-state index contributed by atoms with van der Waals surface area (Å²) in [5.41, 5.74) is 6.42. The average Bonchev–Trinajstić information content (AvgIpc) is 3.03. The molecule has 0 radical (unpaired) electrons. The number of amides is 1. The number of carbonyl (C=O) groups is 1. The highest BCUT2D eigenvalue weighted by atomic mass is 19.1. The molecule has 6 heteroatoms. The molecule has 0 spiro atoms. The molecule has 2 aromatic carbocycles. The first-order chi connectivity index (χ1) is 12.0. The van der Waals surface area contributed by atoms with Crippen molar-refractivity contribution in [1.82, 2.24) is 5.32 Å². The Morgan fingerprint density at radius 1 is 1.12 bits per heavy atom. The van der Waals surface area contributed by atoms with Gasteiger partial charge in [-0.05, 0) is 49.1 Å². The second-order valence-electron chi connectivity index (χ2n) is 6.29. The predicted molar refractivity (Wildman–Crippen MR) is 90.0 cm³/mol. The molecule has 0 aromatic heterocycles. The molecule has 1 fully saturated rings. The topological polar surface area (TPSA) is 64.4 Å². The summed E-state index contributed by atoms with van der Waals surface area (Å²) in [7, 11) is 0. The van der Waals surface area contributed by atoms with E-state index in [-0.39, 0.29) is 35.9 Å². The Morgan fingerprint density at radius 2 is 1.88 bits per heavy atom. The minimum atomic E-state index is -0.613. The molecule has 1 amide bonds. The van der Waals surface area contributed by atoms with Gasteiger partial charge >= 0.3 is 0 Å². The Kier molecular flexibility index (Phi) is 5.28. The van der Waals surface area contributed by atoms with Crippen molar-refractivity contribution in [3.05, 3.63) is 59.7 Å². The van der Waals surface area contributed by atoms with Crippen molar-refractivity contribution in [3.63, 3.8) is 0 Å². The van der Waals surface area contributed by atoms with Gasteiger partial charge in [0.15, 0.2) is 23.1 Å². The van der Waals surface area contributed by atoms with Crippen LogP contribution in [-0.2, 0) is 11.3 Å². The molecular weight excluding hydrogens is 326 g/mol. The van der Waals surface area contributed by atoms with Crippen LogP contribution in [0.5, 0.6) is 11.5 Å². The Bertz CT molecular complexity index is 767. The zero-order valence-electron chi connectivity index (χ0n) is 13.7. The third kappa shape index (κ3) is 4.33. The molecule has 0 aliphatic heterocycles. The van der Waals surface area contributed by atoms with Crippen LogP contribution in [0.15, 0.2) is 42.5 Å². The molecule has 0 heterocycles. The Balaban J connectivity index is 1.60. The Labute approximate surface area is 145 Å². The number of halogens is 2. The third-order valence-electron chi connectivity index (χ3n) is 4.36. The first-order valence-corrected chi connectivity index (χ1v) is 8.27. The van der Waals surface area contributed by atoms with Gasteiger partial charge in [0.05, 0.1) is 0 Å². The molecule has 2 unspecified atom stereocenters. The fraction of sp³-hybridized carbons (Fsp3) is 0.316. The van der Waals surface area contributed by atoms with Gasteiger partial charge in [-0.15, -0.1) is 0 Å². The van der Waals surface area contributed by atoms with Crippen molar-refractivity contribution < 1.29 is 18.3 Å². The molecule has 0 saturated heterocycles. The number of carbonyl (C=O) groups excluding carboxylic acids is 1. The molecule has 3 rings (SSSR count). The van der Waals surface area contributed by atoms with E-state index in [0.717, 1.165) is 12.8 Å². The minimum absolute atomic E-state index is 0.0416. The highest BCUT2D eigenvalue weighted by Crippen LogP contribution is 2.27. The monoisotopic (exact) mass is 346 g/mol. The van der Waals surface area contributed by atoms with E-state index < -0.39 is 11.6 Å². The minimum Gasteiger partial charge on any atom is -0.451 e. The number of hydrogen-bond acceptors (Lipinski definition) is 3. The highest BCUT2D eigenvalue weighted by molar-refractivity contribution is 5.79. The van der Waals surface area contributed by atoms with Crippen LogP contribution in [0.2, 0.25) is 0 Å². The lowest BCUT2D eigenvalue weighted by molar-refractivity contribution is -0.125. The van der Waals surface area contributed by atoms with Crippen molar-refractivity contribution in [2.75, 3.05) is 0 Å². The first-order valence-electron chi connectivity index (χ1n) is 8.27. The molecule has 3 N–H and O–H groups in total. The first kappa shape index (κ1) is 17.4. The number of para-hydroxylation sites is 1. The number of hydrogen-bond donors (Lipinski definition) is 2. The van der Waals surface area contributed by atoms with Crippen LogP contribution in [-0.4, -0.2) is 11.9 Å². The van der Waals surface area contributed by atoms with Crippen molar-refractivity contribution in [2.24, 2.45) is 11.7 Å². The van der Waals surface area contributed by atoms with Gasteiger partial charge in [-0.1, -0.05) is 18.2 Å². The average molecular weight is 346 g/mol. The van der Waals surface area contributed by atoms with Gasteiger partial charge in [0.2, 0.25) is 5.91 Å². The summed E-state index contributed by atoms with van der Waals surface area (Å²) in [5, 5.41) is 2.80. The predicted octanol–water partition coefficient (Wildman–Crippen LogP) is 3.50. The van der Waals surface area contributed by atoms with Crippen LogP contribution in [0.4, 0.5) is 8.78 Å². The quantitative estimate of drug-likeness (QED) is 0.871. The fourth-order valence-corrected chi connectivity index (χ4v) is 2.97. The van der Waals surface area contributed by atoms with E-state index in [4.69, 9.17) is 10.5 Å². The second kappa shape index (κ2) is 7.61. The number of nitrogens with one attached hydrogen (secondary N) is 1. The summed E-state index contributed by atoms with van der Waals surface area (Å²) in [6.45, 7) is 0.224. The zero-order chi connectivity index (χ0) is 17.8. The van der Waals surface area contributed by atoms with Crippen molar-refractivity contribution >= 4 is 5.91 Å². The lowest BCUT2D eigenvalue weighted by Crippen LogP contribution is -2.30. The van der Waals surface area contributed by atoms with Crippen LogP contribution in [0.3, 0.4) is 0 Å². The smallest absolute Gasteiger partial charge is 0.223 e. The SMILES string of the molecule is NC1CCC(C(=O)NCc2ccc(Oc3ccccc3F)c(F)c2)C1. The van der Waals surface area contributed by atoms with Crippen molar-refractivity contribution in [1.29, 1.82) is 0 Å².